The standard InChI is InChI=1S/C12H17ClN2O2/c1-12(2,3)17-11(16)10(15)7-4-5-9(14)8(13)6-7/h4-6,10H,14-15H2,1-3H3. The van der Waals surface area contributed by atoms with E-state index in [1.807, 2.05) is 0 Å². The van der Waals surface area contributed by atoms with Gasteiger partial charge in [-0.2, -0.15) is 0 Å². The van der Waals surface area contributed by atoms with E-state index in [1.165, 1.54) is 0 Å². The summed E-state index contributed by atoms with van der Waals surface area (Å²) in [5, 5.41) is 0.376. The first-order valence-electron chi connectivity index (χ1n) is 5.24. The summed E-state index contributed by atoms with van der Waals surface area (Å²) in [6.45, 7) is 5.36. The first-order valence-corrected chi connectivity index (χ1v) is 5.62. The molecule has 0 saturated carbocycles. The van der Waals surface area contributed by atoms with Crippen molar-refractivity contribution in [2.75, 3.05) is 5.73 Å². The minimum atomic E-state index is -0.854. The minimum Gasteiger partial charge on any atom is -0.459 e. The smallest absolute Gasteiger partial charge is 0.328 e. The van der Waals surface area contributed by atoms with Gasteiger partial charge in [0.15, 0.2) is 0 Å². The van der Waals surface area contributed by atoms with Crippen molar-refractivity contribution in [1.29, 1.82) is 0 Å². The van der Waals surface area contributed by atoms with Crippen molar-refractivity contribution in [3.05, 3.63) is 28.8 Å². The van der Waals surface area contributed by atoms with Crippen molar-refractivity contribution in [3.63, 3.8) is 0 Å². The molecular formula is C12H17ClN2O2. The zero-order valence-corrected chi connectivity index (χ0v) is 10.9. The molecule has 1 atom stereocenters. The fraction of sp³-hybridized carbons (Fsp3) is 0.417. The van der Waals surface area contributed by atoms with E-state index in [0.29, 0.717) is 16.3 Å². The molecule has 0 heterocycles. The van der Waals surface area contributed by atoms with Gasteiger partial charge in [-0.1, -0.05) is 17.7 Å². The number of anilines is 1. The normalized spacial score (nSPS) is 13.2. The summed E-state index contributed by atoms with van der Waals surface area (Å²) in [6, 6.07) is 4.00. The van der Waals surface area contributed by atoms with Gasteiger partial charge >= 0.3 is 5.97 Å². The topological polar surface area (TPSA) is 78.3 Å². The van der Waals surface area contributed by atoms with E-state index in [-0.39, 0.29) is 0 Å². The van der Waals surface area contributed by atoms with Gasteiger partial charge in [0.05, 0.1) is 10.7 Å². The Morgan fingerprint density at radius 3 is 2.47 bits per heavy atom. The number of benzene rings is 1. The monoisotopic (exact) mass is 256 g/mol. The zero-order chi connectivity index (χ0) is 13.2. The summed E-state index contributed by atoms with van der Waals surface area (Å²) < 4.78 is 5.19. The Balaban J connectivity index is 2.85. The lowest BCUT2D eigenvalue weighted by Crippen LogP contribution is -2.31. The summed E-state index contributed by atoms with van der Waals surface area (Å²) in [7, 11) is 0. The minimum absolute atomic E-state index is 0.376. The number of esters is 1. The lowest BCUT2D eigenvalue weighted by molar-refractivity contribution is -0.156. The van der Waals surface area contributed by atoms with Gasteiger partial charge < -0.3 is 16.2 Å². The maximum absolute atomic E-state index is 11.7. The molecule has 5 heteroatoms. The van der Waals surface area contributed by atoms with Gasteiger partial charge in [0.1, 0.15) is 11.6 Å². The maximum Gasteiger partial charge on any atom is 0.328 e. The molecule has 1 aromatic carbocycles. The van der Waals surface area contributed by atoms with E-state index < -0.39 is 17.6 Å². The molecule has 0 saturated heterocycles. The third-order valence-corrected chi connectivity index (χ3v) is 2.37. The van der Waals surface area contributed by atoms with E-state index in [4.69, 9.17) is 27.8 Å². The Morgan fingerprint density at radius 1 is 1.41 bits per heavy atom. The van der Waals surface area contributed by atoms with Crippen molar-refractivity contribution in [3.8, 4) is 0 Å². The van der Waals surface area contributed by atoms with E-state index in [2.05, 4.69) is 0 Å². The van der Waals surface area contributed by atoms with E-state index >= 15 is 0 Å². The number of hydrogen-bond acceptors (Lipinski definition) is 4. The van der Waals surface area contributed by atoms with E-state index in [1.54, 1.807) is 39.0 Å². The predicted molar refractivity (Wildman–Crippen MR) is 68.6 cm³/mol. The third kappa shape index (κ3) is 3.91. The van der Waals surface area contributed by atoms with Gasteiger partial charge in [-0.05, 0) is 38.5 Å². The molecule has 0 fully saturated rings. The quantitative estimate of drug-likeness (QED) is 0.628. The van der Waals surface area contributed by atoms with Crippen molar-refractivity contribution >= 4 is 23.3 Å². The molecule has 0 bridgehead atoms. The molecule has 1 rings (SSSR count). The molecule has 1 aromatic rings. The lowest BCUT2D eigenvalue weighted by atomic mass is 10.1. The summed E-state index contributed by atoms with van der Waals surface area (Å²) in [5.41, 5.74) is 11.8. The molecule has 17 heavy (non-hydrogen) atoms. The first kappa shape index (κ1) is 13.8. The molecular weight excluding hydrogens is 240 g/mol. The number of rotatable bonds is 2. The van der Waals surface area contributed by atoms with Crippen LogP contribution in [-0.4, -0.2) is 11.6 Å². The molecule has 0 aromatic heterocycles. The third-order valence-electron chi connectivity index (χ3n) is 2.04. The molecule has 1 unspecified atom stereocenters. The highest BCUT2D eigenvalue weighted by Crippen LogP contribution is 2.24. The Hall–Kier alpha value is -1.26. The summed E-state index contributed by atoms with van der Waals surface area (Å²) in [5.74, 6) is -0.488. The second-order valence-corrected chi connectivity index (χ2v) is 5.20. The van der Waals surface area contributed by atoms with Crippen LogP contribution in [0.25, 0.3) is 0 Å². The Kier molecular flexibility index (Phi) is 4.01. The number of nitrogens with two attached hydrogens (primary N) is 2. The molecule has 0 amide bonds. The number of carbonyl (C=O) groups excluding carboxylic acids is 1. The van der Waals surface area contributed by atoms with Crippen LogP contribution in [0.15, 0.2) is 18.2 Å². The van der Waals surface area contributed by atoms with E-state index in [0.717, 1.165) is 0 Å². The Morgan fingerprint density at radius 2 is 2.00 bits per heavy atom. The highest BCUT2D eigenvalue weighted by atomic mass is 35.5. The van der Waals surface area contributed by atoms with Crippen molar-refractivity contribution in [2.24, 2.45) is 5.73 Å². The highest BCUT2D eigenvalue weighted by molar-refractivity contribution is 6.33. The first-order chi connectivity index (χ1) is 7.70. The largest absolute Gasteiger partial charge is 0.459 e. The second-order valence-electron chi connectivity index (χ2n) is 4.79. The van der Waals surface area contributed by atoms with E-state index in [9.17, 15) is 4.79 Å². The van der Waals surface area contributed by atoms with Crippen LogP contribution in [0.5, 0.6) is 0 Å². The zero-order valence-electron chi connectivity index (χ0n) is 10.2. The van der Waals surface area contributed by atoms with Gasteiger partial charge in [-0.25, -0.2) is 4.79 Å². The fourth-order valence-electron chi connectivity index (χ4n) is 1.24. The van der Waals surface area contributed by atoms with Crippen molar-refractivity contribution in [2.45, 2.75) is 32.4 Å². The van der Waals surface area contributed by atoms with Gasteiger partial charge in [-0.15, -0.1) is 0 Å². The second kappa shape index (κ2) is 4.94. The van der Waals surface area contributed by atoms with Gasteiger partial charge in [0.2, 0.25) is 0 Å². The van der Waals surface area contributed by atoms with Gasteiger partial charge in [-0.3, -0.25) is 0 Å². The van der Waals surface area contributed by atoms with Crippen LogP contribution in [0.1, 0.15) is 32.4 Å². The number of carbonyl (C=O) groups is 1. The average molecular weight is 257 g/mol. The summed E-state index contributed by atoms with van der Waals surface area (Å²) in [6.07, 6.45) is 0. The molecule has 94 valence electrons. The summed E-state index contributed by atoms with van der Waals surface area (Å²) in [4.78, 5) is 11.7. The maximum atomic E-state index is 11.7. The van der Waals surface area contributed by atoms with Crippen LogP contribution in [0.2, 0.25) is 5.02 Å². The molecule has 4 N–H and O–H groups in total. The SMILES string of the molecule is CC(C)(C)OC(=O)C(N)c1ccc(N)c(Cl)c1. The summed E-state index contributed by atoms with van der Waals surface area (Å²) >= 11 is 5.86. The van der Waals surface area contributed by atoms with Gasteiger partial charge in [0.25, 0.3) is 0 Å². The number of ether oxygens (including phenoxy) is 1. The van der Waals surface area contributed by atoms with Crippen LogP contribution in [-0.2, 0) is 9.53 Å². The Bertz CT molecular complexity index is 427. The van der Waals surface area contributed by atoms with Crippen LogP contribution in [0.3, 0.4) is 0 Å². The fourth-order valence-corrected chi connectivity index (χ4v) is 1.43. The highest BCUT2D eigenvalue weighted by Gasteiger charge is 2.23. The molecule has 4 nitrogen and oxygen atoms in total. The van der Waals surface area contributed by atoms with Gasteiger partial charge in [0, 0.05) is 0 Å². The lowest BCUT2D eigenvalue weighted by Gasteiger charge is -2.22. The molecule has 0 radical (unpaired) electrons. The molecule has 0 aliphatic heterocycles. The van der Waals surface area contributed by atoms with Crippen molar-refractivity contribution < 1.29 is 9.53 Å². The molecule has 0 aliphatic rings. The molecule has 0 spiro atoms. The number of hydrogen-bond donors (Lipinski definition) is 2. The predicted octanol–water partition coefficient (Wildman–Crippen LogP) is 2.26. The van der Waals surface area contributed by atoms with Crippen molar-refractivity contribution in [1.82, 2.24) is 0 Å². The van der Waals surface area contributed by atoms with Crippen LogP contribution >= 0.6 is 11.6 Å². The number of halogens is 1. The Labute approximate surface area is 106 Å². The molecule has 0 aliphatic carbocycles. The number of nitrogen functional groups attached to an aromatic ring is 1. The van der Waals surface area contributed by atoms with Crippen LogP contribution < -0.4 is 11.5 Å². The average Bonchev–Trinajstić information content (AvgIpc) is 2.18. The van der Waals surface area contributed by atoms with Crippen LogP contribution in [0.4, 0.5) is 5.69 Å². The van der Waals surface area contributed by atoms with Crippen LogP contribution in [0, 0.1) is 0 Å².